The predicted octanol–water partition coefficient (Wildman–Crippen LogP) is 1.75. The summed E-state index contributed by atoms with van der Waals surface area (Å²) < 4.78 is 10.8. The Hall–Kier alpha value is -2.34. The van der Waals surface area contributed by atoms with Gasteiger partial charge in [0.2, 0.25) is 0 Å². The maximum absolute atomic E-state index is 12.5. The highest BCUT2D eigenvalue weighted by Gasteiger charge is 2.31. The average molecular weight is 289 g/mol. The summed E-state index contributed by atoms with van der Waals surface area (Å²) in [7, 11) is 0. The lowest BCUT2D eigenvalue weighted by molar-refractivity contribution is -0.139. The zero-order valence-electron chi connectivity index (χ0n) is 11.3. The van der Waals surface area contributed by atoms with Crippen LogP contribution < -0.4 is 0 Å². The van der Waals surface area contributed by atoms with E-state index in [0.717, 1.165) is 5.39 Å². The first-order chi connectivity index (χ1) is 10.1. The third-order valence-corrected chi connectivity index (χ3v) is 3.53. The number of ether oxygens (including phenoxy) is 1. The molecule has 0 saturated carbocycles. The number of carbonyl (C=O) groups excluding carboxylic acids is 1. The van der Waals surface area contributed by atoms with Crippen LogP contribution in [-0.4, -0.2) is 47.7 Å². The molecule has 1 saturated heterocycles. The topological polar surface area (TPSA) is 80.0 Å². The van der Waals surface area contributed by atoms with Gasteiger partial charge >= 0.3 is 5.97 Å². The van der Waals surface area contributed by atoms with Crippen LogP contribution in [-0.2, 0) is 9.53 Å². The summed E-state index contributed by atoms with van der Waals surface area (Å²) in [5.41, 5.74) is 0.642. The number of nitrogens with zero attached hydrogens (tertiary/aromatic N) is 1. The minimum absolute atomic E-state index is 0.133. The summed E-state index contributed by atoms with van der Waals surface area (Å²) in [5.74, 6) is -1.01. The molecule has 6 nitrogen and oxygen atoms in total. The summed E-state index contributed by atoms with van der Waals surface area (Å²) in [6.45, 7) is 1.01. The molecule has 1 unspecified atom stereocenters. The predicted molar refractivity (Wildman–Crippen MR) is 74.1 cm³/mol. The van der Waals surface area contributed by atoms with Gasteiger partial charge in [-0.15, -0.1) is 0 Å². The van der Waals surface area contributed by atoms with Gasteiger partial charge in [-0.2, -0.15) is 0 Å². The van der Waals surface area contributed by atoms with Gasteiger partial charge in [-0.25, -0.2) is 0 Å². The Bertz CT molecular complexity index is 645. The van der Waals surface area contributed by atoms with Crippen LogP contribution in [0, 0.1) is 0 Å². The average Bonchev–Trinajstić information content (AvgIpc) is 2.90. The summed E-state index contributed by atoms with van der Waals surface area (Å²) in [6.07, 6.45) is -0.133. The summed E-state index contributed by atoms with van der Waals surface area (Å²) in [4.78, 5) is 25.0. The molecule has 0 radical (unpaired) electrons. The van der Waals surface area contributed by atoms with E-state index in [0.29, 0.717) is 18.7 Å². The highest BCUT2D eigenvalue weighted by Crippen LogP contribution is 2.22. The van der Waals surface area contributed by atoms with Crippen LogP contribution in [0.5, 0.6) is 0 Å². The highest BCUT2D eigenvalue weighted by molar-refractivity contribution is 5.96. The Morgan fingerprint density at radius 2 is 2.14 bits per heavy atom. The molecule has 0 bridgehead atoms. The van der Waals surface area contributed by atoms with Crippen molar-refractivity contribution in [3.8, 4) is 0 Å². The quantitative estimate of drug-likeness (QED) is 0.931. The number of para-hydroxylation sites is 1. The zero-order valence-corrected chi connectivity index (χ0v) is 11.3. The Morgan fingerprint density at radius 1 is 1.33 bits per heavy atom. The molecule has 1 amide bonds. The smallest absolute Gasteiger partial charge is 0.305 e. The number of fused-ring (bicyclic) bond motifs is 1. The highest BCUT2D eigenvalue weighted by atomic mass is 16.5. The Morgan fingerprint density at radius 3 is 2.90 bits per heavy atom. The number of morpholine rings is 1. The third-order valence-electron chi connectivity index (χ3n) is 3.53. The van der Waals surface area contributed by atoms with Crippen molar-refractivity contribution in [3.05, 3.63) is 36.1 Å². The molecule has 1 aromatic heterocycles. The molecule has 1 atom stereocenters. The Balaban J connectivity index is 1.86. The van der Waals surface area contributed by atoms with E-state index in [4.69, 9.17) is 14.3 Å². The standard InChI is InChI=1S/C15H15NO5/c17-14(18)8-11-9-20-6-5-16(11)15(19)13-7-10-3-1-2-4-12(10)21-13/h1-4,7,11H,5-6,8-9H2,(H,17,18). The largest absolute Gasteiger partial charge is 0.481 e. The lowest BCUT2D eigenvalue weighted by atomic mass is 10.1. The van der Waals surface area contributed by atoms with Crippen molar-refractivity contribution in [3.63, 3.8) is 0 Å². The molecule has 1 aromatic carbocycles. The minimum Gasteiger partial charge on any atom is -0.481 e. The van der Waals surface area contributed by atoms with Crippen LogP contribution >= 0.6 is 0 Å². The second-order valence-electron chi connectivity index (χ2n) is 4.97. The van der Waals surface area contributed by atoms with Gasteiger partial charge < -0.3 is 19.2 Å². The summed E-state index contributed by atoms with van der Waals surface area (Å²) >= 11 is 0. The van der Waals surface area contributed by atoms with E-state index in [9.17, 15) is 9.59 Å². The lowest BCUT2D eigenvalue weighted by Crippen LogP contribution is -2.49. The van der Waals surface area contributed by atoms with E-state index in [-0.39, 0.29) is 24.7 Å². The van der Waals surface area contributed by atoms with Crippen molar-refractivity contribution < 1.29 is 23.8 Å². The van der Waals surface area contributed by atoms with E-state index in [1.807, 2.05) is 18.2 Å². The number of carbonyl (C=O) groups is 2. The molecule has 1 aliphatic heterocycles. The molecule has 6 heteroatoms. The van der Waals surface area contributed by atoms with E-state index in [1.54, 1.807) is 12.1 Å². The van der Waals surface area contributed by atoms with Crippen molar-refractivity contribution in [1.29, 1.82) is 0 Å². The fourth-order valence-corrected chi connectivity index (χ4v) is 2.52. The Labute approximate surface area is 120 Å². The van der Waals surface area contributed by atoms with Crippen LogP contribution in [0.25, 0.3) is 11.0 Å². The van der Waals surface area contributed by atoms with Gasteiger partial charge in [-0.1, -0.05) is 18.2 Å². The number of amides is 1. The summed E-state index contributed by atoms with van der Waals surface area (Å²) in [5, 5.41) is 9.78. The van der Waals surface area contributed by atoms with Crippen molar-refractivity contribution in [2.75, 3.05) is 19.8 Å². The number of carboxylic acids is 1. The molecule has 1 aliphatic rings. The maximum atomic E-state index is 12.5. The molecule has 1 N–H and O–H groups in total. The molecule has 0 spiro atoms. The van der Waals surface area contributed by atoms with Crippen LogP contribution in [0.3, 0.4) is 0 Å². The van der Waals surface area contributed by atoms with Gasteiger partial charge in [0.25, 0.3) is 5.91 Å². The molecule has 110 valence electrons. The van der Waals surface area contributed by atoms with Crippen LogP contribution in [0.15, 0.2) is 34.7 Å². The fraction of sp³-hybridized carbons (Fsp3) is 0.333. The van der Waals surface area contributed by atoms with Gasteiger partial charge in [0.1, 0.15) is 5.58 Å². The van der Waals surface area contributed by atoms with Gasteiger partial charge in [0.15, 0.2) is 5.76 Å². The Kier molecular flexibility index (Phi) is 3.62. The number of rotatable bonds is 3. The normalized spacial score (nSPS) is 18.9. The monoisotopic (exact) mass is 289 g/mol. The second-order valence-corrected chi connectivity index (χ2v) is 4.97. The van der Waals surface area contributed by atoms with Gasteiger partial charge in [0.05, 0.1) is 25.7 Å². The molecule has 2 aromatic rings. The van der Waals surface area contributed by atoms with Crippen LogP contribution in [0.2, 0.25) is 0 Å². The molecule has 0 aliphatic carbocycles. The zero-order chi connectivity index (χ0) is 14.8. The number of hydrogen-bond donors (Lipinski definition) is 1. The van der Waals surface area contributed by atoms with Crippen molar-refractivity contribution >= 4 is 22.8 Å². The van der Waals surface area contributed by atoms with Gasteiger partial charge in [0, 0.05) is 11.9 Å². The molecule has 1 fully saturated rings. The number of hydrogen-bond acceptors (Lipinski definition) is 4. The number of furan rings is 1. The van der Waals surface area contributed by atoms with Crippen molar-refractivity contribution in [2.24, 2.45) is 0 Å². The SMILES string of the molecule is O=C(O)CC1COCCN1C(=O)c1cc2ccccc2o1. The second kappa shape index (κ2) is 5.57. The van der Waals surface area contributed by atoms with E-state index in [1.165, 1.54) is 4.90 Å². The minimum atomic E-state index is -0.951. The van der Waals surface area contributed by atoms with E-state index >= 15 is 0 Å². The first-order valence-corrected chi connectivity index (χ1v) is 6.74. The maximum Gasteiger partial charge on any atom is 0.305 e. The molecular weight excluding hydrogens is 274 g/mol. The van der Waals surface area contributed by atoms with Crippen LogP contribution in [0.4, 0.5) is 0 Å². The molecule has 2 heterocycles. The first-order valence-electron chi connectivity index (χ1n) is 6.74. The van der Waals surface area contributed by atoms with Gasteiger partial charge in [-0.3, -0.25) is 9.59 Å². The van der Waals surface area contributed by atoms with E-state index < -0.39 is 12.0 Å². The third kappa shape index (κ3) is 2.75. The van der Waals surface area contributed by atoms with Crippen molar-refractivity contribution in [2.45, 2.75) is 12.5 Å². The number of carboxylic acid groups (broad SMARTS) is 1. The van der Waals surface area contributed by atoms with E-state index in [2.05, 4.69) is 0 Å². The molecular formula is C15H15NO5. The number of benzene rings is 1. The van der Waals surface area contributed by atoms with Crippen molar-refractivity contribution in [1.82, 2.24) is 4.90 Å². The van der Waals surface area contributed by atoms with Gasteiger partial charge in [-0.05, 0) is 12.1 Å². The molecule has 3 rings (SSSR count). The molecule has 21 heavy (non-hydrogen) atoms. The first kappa shape index (κ1) is 13.6. The summed E-state index contributed by atoms with van der Waals surface area (Å²) in [6, 6.07) is 8.59. The number of aliphatic carboxylic acids is 1. The van der Waals surface area contributed by atoms with Crippen LogP contribution in [0.1, 0.15) is 17.0 Å². The lowest BCUT2D eigenvalue weighted by Gasteiger charge is -2.34. The fourth-order valence-electron chi connectivity index (χ4n) is 2.52.